The van der Waals surface area contributed by atoms with Gasteiger partial charge in [0, 0.05) is 24.3 Å². The molecule has 0 aliphatic heterocycles. The van der Waals surface area contributed by atoms with E-state index in [4.69, 9.17) is 0 Å². The number of unbranched alkanes of at least 4 members (excludes halogenated alkanes) is 2. The van der Waals surface area contributed by atoms with Gasteiger partial charge in [-0.25, -0.2) is 9.13 Å². The predicted molar refractivity (Wildman–Crippen MR) is 76.5 cm³/mol. The Labute approximate surface area is 116 Å². The Morgan fingerprint density at radius 2 is 1.00 bits per heavy atom. The molecule has 0 atom stereocenters. The molecule has 0 aliphatic rings. The molecule has 2 aromatic heterocycles. The van der Waals surface area contributed by atoms with Crippen molar-refractivity contribution in [3.63, 3.8) is 0 Å². The van der Waals surface area contributed by atoms with Gasteiger partial charge in [0.05, 0.1) is 0 Å². The third-order valence-electron chi connectivity index (χ3n) is 3.53. The number of pyridine rings is 2. The molecular weight excluding hydrogens is 232 g/mol. The summed E-state index contributed by atoms with van der Waals surface area (Å²) in [4.78, 5) is 0. The third-order valence-corrected chi connectivity index (χ3v) is 3.53. The largest absolute Gasteiger partial charge is 0.208 e. The number of hydrogen-bond acceptors (Lipinski definition) is 0. The lowest BCUT2D eigenvalue weighted by Crippen LogP contribution is -2.25. The molecule has 19 heavy (non-hydrogen) atoms. The van der Waals surface area contributed by atoms with Gasteiger partial charge in [0.1, 0.15) is 14.1 Å². The summed E-state index contributed by atoms with van der Waals surface area (Å²) in [5, 5.41) is 0. The Morgan fingerprint density at radius 1 is 0.632 bits per heavy atom. The van der Waals surface area contributed by atoms with Crippen molar-refractivity contribution in [2.24, 2.45) is 14.1 Å². The minimum Gasteiger partial charge on any atom is -0.208 e. The Hall–Kier alpha value is -1.70. The molecule has 0 saturated heterocycles. The summed E-state index contributed by atoms with van der Waals surface area (Å²) in [5.41, 5.74) is 2.90. The fraction of sp³-hybridized carbons (Fsp3) is 0.412. The minimum absolute atomic E-state index is 1.20. The summed E-state index contributed by atoms with van der Waals surface area (Å²) in [5.74, 6) is 0. The molecule has 100 valence electrons. The first-order valence-corrected chi connectivity index (χ1v) is 7.12. The maximum absolute atomic E-state index is 2.22. The lowest BCUT2D eigenvalue weighted by atomic mass is 10.0. The molecule has 0 aliphatic carbocycles. The van der Waals surface area contributed by atoms with Crippen LogP contribution in [0.2, 0.25) is 0 Å². The summed E-state index contributed by atoms with van der Waals surface area (Å²) in [6, 6.07) is 8.88. The molecule has 0 saturated carbocycles. The van der Waals surface area contributed by atoms with Crippen molar-refractivity contribution in [3.05, 3.63) is 60.2 Å². The molecule has 2 aromatic rings. The van der Waals surface area contributed by atoms with E-state index in [0.29, 0.717) is 0 Å². The van der Waals surface area contributed by atoms with Crippen molar-refractivity contribution >= 4 is 0 Å². The highest BCUT2D eigenvalue weighted by Crippen LogP contribution is 2.08. The van der Waals surface area contributed by atoms with E-state index >= 15 is 0 Å². The minimum atomic E-state index is 1.20. The van der Waals surface area contributed by atoms with Gasteiger partial charge >= 0.3 is 0 Å². The van der Waals surface area contributed by atoms with Crippen molar-refractivity contribution in [1.29, 1.82) is 0 Å². The van der Waals surface area contributed by atoms with Gasteiger partial charge in [0.2, 0.25) is 0 Å². The normalized spacial score (nSPS) is 10.6. The summed E-state index contributed by atoms with van der Waals surface area (Å²) >= 11 is 0. The van der Waals surface area contributed by atoms with Crippen LogP contribution in [0.25, 0.3) is 0 Å². The highest BCUT2D eigenvalue weighted by Gasteiger charge is 1.98. The molecule has 0 fully saturated rings. The number of hydrogen-bond donors (Lipinski definition) is 0. The smallest absolute Gasteiger partial charge is 0.168 e. The highest BCUT2D eigenvalue weighted by atomic mass is 14.9. The van der Waals surface area contributed by atoms with Gasteiger partial charge in [-0.1, -0.05) is 6.42 Å². The first-order valence-electron chi connectivity index (χ1n) is 7.12. The number of nitrogens with zero attached hydrogens (tertiary/aromatic N) is 2. The van der Waals surface area contributed by atoms with E-state index in [-0.39, 0.29) is 0 Å². The zero-order valence-electron chi connectivity index (χ0n) is 12.0. The zero-order chi connectivity index (χ0) is 13.5. The Morgan fingerprint density at radius 3 is 1.37 bits per heavy atom. The van der Waals surface area contributed by atoms with Crippen molar-refractivity contribution in [2.45, 2.75) is 32.1 Å². The monoisotopic (exact) mass is 256 g/mol. The molecule has 0 bridgehead atoms. The van der Waals surface area contributed by atoms with Crippen molar-refractivity contribution in [1.82, 2.24) is 0 Å². The fourth-order valence-electron chi connectivity index (χ4n) is 2.23. The average Bonchev–Trinajstić information content (AvgIpc) is 2.43. The first-order chi connectivity index (χ1) is 9.24. The van der Waals surface area contributed by atoms with Gasteiger partial charge < -0.3 is 0 Å². The van der Waals surface area contributed by atoms with Crippen LogP contribution in [-0.4, -0.2) is 0 Å². The molecule has 0 N–H and O–H groups in total. The molecule has 2 heteroatoms. The van der Waals surface area contributed by atoms with Crippen LogP contribution in [0.3, 0.4) is 0 Å². The van der Waals surface area contributed by atoms with Gasteiger partial charge in [-0.15, -0.1) is 0 Å². The SMILES string of the molecule is C[n+]1ccc(CCCCCc2cc[n+](C)cc2)cc1. The summed E-state index contributed by atoms with van der Waals surface area (Å²) < 4.78 is 4.16. The van der Waals surface area contributed by atoms with E-state index < -0.39 is 0 Å². The molecule has 2 nitrogen and oxygen atoms in total. The van der Waals surface area contributed by atoms with Crippen LogP contribution in [0.4, 0.5) is 0 Å². The molecule has 0 aromatic carbocycles. The second-order valence-corrected chi connectivity index (χ2v) is 5.30. The third kappa shape index (κ3) is 4.82. The molecule has 0 unspecified atom stereocenters. The molecule has 0 amide bonds. The van der Waals surface area contributed by atoms with Gasteiger partial charge in [0.25, 0.3) is 0 Å². The van der Waals surface area contributed by atoms with E-state index in [1.54, 1.807) is 0 Å². The van der Waals surface area contributed by atoms with Crippen LogP contribution >= 0.6 is 0 Å². The van der Waals surface area contributed by atoms with Crippen molar-refractivity contribution in [2.75, 3.05) is 0 Å². The number of aryl methyl sites for hydroxylation is 4. The van der Waals surface area contributed by atoms with Gasteiger partial charge in [-0.2, -0.15) is 0 Å². The van der Waals surface area contributed by atoms with Gasteiger partial charge in [-0.05, 0) is 36.8 Å². The maximum Gasteiger partial charge on any atom is 0.168 e. The van der Waals surface area contributed by atoms with Crippen LogP contribution in [0.15, 0.2) is 49.1 Å². The molecule has 2 heterocycles. The van der Waals surface area contributed by atoms with Crippen molar-refractivity contribution in [3.8, 4) is 0 Å². The van der Waals surface area contributed by atoms with Gasteiger partial charge in [0.15, 0.2) is 24.8 Å². The fourth-order valence-corrected chi connectivity index (χ4v) is 2.23. The first kappa shape index (κ1) is 13.7. The lowest BCUT2D eigenvalue weighted by molar-refractivity contribution is -0.671. The zero-order valence-corrected chi connectivity index (χ0v) is 12.0. The molecular formula is C17H24N2+2. The topological polar surface area (TPSA) is 7.76 Å². The van der Waals surface area contributed by atoms with Crippen molar-refractivity contribution < 1.29 is 9.13 Å². The van der Waals surface area contributed by atoms with Crippen LogP contribution in [-0.2, 0) is 26.9 Å². The summed E-state index contributed by atoms with van der Waals surface area (Å²) in [7, 11) is 4.12. The maximum atomic E-state index is 2.22. The van der Waals surface area contributed by atoms with E-state index in [9.17, 15) is 0 Å². The van der Waals surface area contributed by atoms with Crippen LogP contribution in [0.1, 0.15) is 30.4 Å². The lowest BCUT2D eigenvalue weighted by Gasteiger charge is -2.02. The van der Waals surface area contributed by atoms with E-state index in [0.717, 1.165) is 0 Å². The summed E-state index contributed by atoms with van der Waals surface area (Å²) in [6.45, 7) is 0. The Balaban J connectivity index is 1.64. The number of aromatic nitrogens is 2. The second kappa shape index (κ2) is 7.03. The van der Waals surface area contributed by atoms with E-state index in [1.807, 2.05) is 0 Å². The summed E-state index contributed by atoms with van der Waals surface area (Å²) in [6.07, 6.45) is 14.8. The van der Waals surface area contributed by atoms with E-state index in [2.05, 4.69) is 72.3 Å². The average molecular weight is 256 g/mol. The quantitative estimate of drug-likeness (QED) is 0.553. The Bertz CT molecular complexity index is 438. The highest BCUT2D eigenvalue weighted by molar-refractivity contribution is 5.08. The van der Waals surface area contributed by atoms with E-state index in [1.165, 1.54) is 43.2 Å². The predicted octanol–water partition coefficient (Wildman–Crippen LogP) is 2.29. The molecule has 0 spiro atoms. The number of rotatable bonds is 6. The standard InChI is InChI=1S/C17H24N2/c1-18-12-8-16(9-13-18)6-4-3-5-7-17-10-14-19(2)15-11-17/h8-15H,3-7H2,1-2H3/q+2. The second-order valence-electron chi connectivity index (χ2n) is 5.30. The van der Waals surface area contributed by atoms with Gasteiger partial charge in [-0.3, -0.25) is 0 Å². The Kier molecular flexibility index (Phi) is 5.08. The van der Waals surface area contributed by atoms with Crippen LogP contribution in [0, 0.1) is 0 Å². The van der Waals surface area contributed by atoms with Crippen LogP contribution < -0.4 is 9.13 Å². The molecule has 0 radical (unpaired) electrons. The van der Waals surface area contributed by atoms with Crippen LogP contribution in [0.5, 0.6) is 0 Å². The molecule has 2 rings (SSSR count).